The molecule has 0 aromatic rings. The Balaban J connectivity index is 1.39. The summed E-state index contributed by atoms with van der Waals surface area (Å²) in [7, 11) is 1.74. The molecule has 2 N–H and O–H groups in total. The van der Waals surface area contributed by atoms with Crippen LogP contribution in [-0.2, 0) is 9.53 Å². The number of carbonyl (C=O) groups excluding carboxylic acids is 1. The highest BCUT2D eigenvalue weighted by Gasteiger charge is 2.35. The van der Waals surface area contributed by atoms with Crippen molar-refractivity contribution in [1.82, 2.24) is 10.6 Å². The Hall–Kier alpha value is -0.610. The Morgan fingerprint density at radius 1 is 1.22 bits per heavy atom. The Bertz CT molecular complexity index is 303. The summed E-state index contributed by atoms with van der Waals surface area (Å²) >= 11 is 0. The number of nitrogens with one attached hydrogen (secondary N) is 2. The van der Waals surface area contributed by atoms with Crippen molar-refractivity contribution in [2.24, 2.45) is 5.92 Å². The number of amides is 1. The zero-order chi connectivity index (χ0) is 12.5. The number of carbonyl (C=O) groups is 1. The molecule has 1 amide bonds. The first-order chi connectivity index (χ1) is 8.72. The molecule has 3 fully saturated rings. The van der Waals surface area contributed by atoms with Crippen molar-refractivity contribution >= 4 is 5.91 Å². The van der Waals surface area contributed by atoms with Crippen LogP contribution in [-0.4, -0.2) is 37.2 Å². The minimum Gasteiger partial charge on any atom is -0.381 e. The van der Waals surface area contributed by atoms with E-state index in [9.17, 15) is 4.79 Å². The molecule has 2 atom stereocenters. The van der Waals surface area contributed by atoms with Crippen LogP contribution in [0.1, 0.15) is 44.9 Å². The van der Waals surface area contributed by atoms with Crippen LogP contribution in [0.4, 0.5) is 0 Å². The molecule has 2 saturated heterocycles. The van der Waals surface area contributed by atoms with Crippen LogP contribution in [0.5, 0.6) is 0 Å². The predicted octanol–water partition coefficient (Wildman–Crippen LogP) is 1.20. The van der Waals surface area contributed by atoms with E-state index in [1.54, 1.807) is 7.11 Å². The molecule has 0 aromatic heterocycles. The van der Waals surface area contributed by atoms with E-state index < -0.39 is 0 Å². The lowest BCUT2D eigenvalue weighted by molar-refractivity contribution is -0.124. The highest BCUT2D eigenvalue weighted by molar-refractivity contribution is 5.76. The van der Waals surface area contributed by atoms with Crippen molar-refractivity contribution in [3.8, 4) is 0 Å². The van der Waals surface area contributed by atoms with Gasteiger partial charge in [-0.1, -0.05) is 0 Å². The Kier molecular flexibility index (Phi) is 3.57. The minimum atomic E-state index is 0.251. The summed E-state index contributed by atoms with van der Waals surface area (Å²) < 4.78 is 5.22. The quantitative estimate of drug-likeness (QED) is 0.790. The molecule has 2 bridgehead atoms. The van der Waals surface area contributed by atoms with Crippen molar-refractivity contribution in [3.63, 3.8) is 0 Å². The van der Waals surface area contributed by atoms with Crippen molar-refractivity contribution in [1.29, 1.82) is 0 Å². The largest absolute Gasteiger partial charge is 0.381 e. The van der Waals surface area contributed by atoms with Crippen LogP contribution < -0.4 is 10.6 Å². The first kappa shape index (κ1) is 12.4. The lowest BCUT2D eigenvalue weighted by atomic mass is 9.87. The van der Waals surface area contributed by atoms with Gasteiger partial charge in [0.05, 0.1) is 6.10 Å². The maximum atomic E-state index is 12.0. The van der Waals surface area contributed by atoms with Gasteiger partial charge in [0.15, 0.2) is 0 Å². The van der Waals surface area contributed by atoms with Gasteiger partial charge in [-0.05, 0) is 44.4 Å². The molecule has 1 saturated carbocycles. The van der Waals surface area contributed by atoms with Crippen molar-refractivity contribution in [2.75, 3.05) is 7.11 Å². The molecule has 2 aliphatic heterocycles. The Labute approximate surface area is 109 Å². The number of hydrogen-bond donors (Lipinski definition) is 2. The second kappa shape index (κ2) is 5.17. The lowest BCUT2D eigenvalue weighted by Crippen LogP contribution is -2.48. The molecule has 2 heterocycles. The topological polar surface area (TPSA) is 50.4 Å². The monoisotopic (exact) mass is 252 g/mol. The molecular formula is C14H24N2O2. The van der Waals surface area contributed by atoms with Crippen molar-refractivity contribution in [3.05, 3.63) is 0 Å². The Morgan fingerprint density at radius 2 is 1.89 bits per heavy atom. The van der Waals surface area contributed by atoms with Gasteiger partial charge in [-0.15, -0.1) is 0 Å². The number of hydrogen-bond acceptors (Lipinski definition) is 3. The molecule has 18 heavy (non-hydrogen) atoms. The average Bonchev–Trinajstić information content (AvgIpc) is 2.63. The van der Waals surface area contributed by atoms with Gasteiger partial charge in [0, 0.05) is 31.7 Å². The van der Waals surface area contributed by atoms with Gasteiger partial charge in [0.25, 0.3) is 0 Å². The third-order valence-electron chi connectivity index (χ3n) is 4.84. The van der Waals surface area contributed by atoms with Gasteiger partial charge in [0.1, 0.15) is 0 Å². The average molecular weight is 252 g/mol. The van der Waals surface area contributed by atoms with Gasteiger partial charge in [0.2, 0.25) is 5.91 Å². The number of rotatable bonds is 4. The fraction of sp³-hybridized carbons (Fsp3) is 0.929. The smallest absolute Gasteiger partial charge is 0.220 e. The maximum Gasteiger partial charge on any atom is 0.220 e. The highest BCUT2D eigenvalue weighted by atomic mass is 16.5. The molecule has 1 aliphatic carbocycles. The van der Waals surface area contributed by atoms with Crippen LogP contribution in [0.3, 0.4) is 0 Å². The first-order valence-corrected chi connectivity index (χ1v) is 7.31. The zero-order valence-electron chi connectivity index (χ0n) is 11.2. The second-order valence-electron chi connectivity index (χ2n) is 6.27. The molecule has 0 radical (unpaired) electrons. The molecule has 3 rings (SSSR count). The summed E-state index contributed by atoms with van der Waals surface area (Å²) in [6.07, 6.45) is 8.05. The van der Waals surface area contributed by atoms with Crippen molar-refractivity contribution < 1.29 is 9.53 Å². The van der Waals surface area contributed by atoms with Crippen LogP contribution >= 0.6 is 0 Å². The van der Waals surface area contributed by atoms with Gasteiger partial charge in [-0.3, -0.25) is 4.79 Å². The van der Waals surface area contributed by atoms with Gasteiger partial charge in [-0.2, -0.15) is 0 Å². The van der Waals surface area contributed by atoms with Gasteiger partial charge in [-0.25, -0.2) is 0 Å². The maximum absolute atomic E-state index is 12.0. The third-order valence-corrected chi connectivity index (χ3v) is 4.84. The highest BCUT2D eigenvalue weighted by Crippen LogP contribution is 2.32. The summed E-state index contributed by atoms with van der Waals surface area (Å²) in [4.78, 5) is 12.0. The molecule has 0 aromatic carbocycles. The van der Waals surface area contributed by atoms with E-state index in [1.165, 1.54) is 25.7 Å². The fourth-order valence-electron chi connectivity index (χ4n) is 3.77. The van der Waals surface area contributed by atoms with E-state index in [1.807, 2.05) is 0 Å². The van der Waals surface area contributed by atoms with E-state index >= 15 is 0 Å². The molecule has 4 heteroatoms. The summed E-state index contributed by atoms with van der Waals surface area (Å²) in [5.41, 5.74) is 0. The number of fused-ring (bicyclic) bond motifs is 2. The van der Waals surface area contributed by atoms with Gasteiger partial charge >= 0.3 is 0 Å². The third kappa shape index (κ3) is 2.69. The molecule has 3 aliphatic rings. The fourth-order valence-corrected chi connectivity index (χ4v) is 3.77. The molecule has 4 nitrogen and oxygen atoms in total. The summed E-state index contributed by atoms with van der Waals surface area (Å²) in [5.74, 6) is 0.850. The normalized spacial score (nSPS) is 42.4. The summed E-state index contributed by atoms with van der Waals surface area (Å²) in [6, 6.07) is 1.73. The number of piperidine rings is 1. The minimum absolute atomic E-state index is 0.251. The van der Waals surface area contributed by atoms with Crippen LogP contribution in [0.2, 0.25) is 0 Å². The molecule has 0 spiro atoms. The predicted molar refractivity (Wildman–Crippen MR) is 69.2 cm³/mol. The SMILES string of the molecule is COC1CC(NC(=O)CC2CC3CCC(C2)N3)C1. The molecule has 2 unspecified atom stereocenters. The van der Waals surface area contributed by atoms with Crippen molar-refractivity contribution in [2.45, 2.75) is 69.2 Å². The second-order valence-corrected chi connectivity index (χ2v) is 6.27. The van der Waals surface area contributed by atoms with E-state index in [-0.39, 0.29) is 5.91 Å². The van der Waals surface area contributed by atoms with Crippen LogP contribution in [0.25, 0.3) is 0 Å². The summed E-state index contributed by atoms with van der Waals surface area (Å²) in [6.45, 7) is 0. The molecular weight excluding hydrogens is 228 g/mol. The standard InChI is InChI=1S/C14H24N2O2/c1-18-13-7-12(8-13)16-14(17)6-9-4-10-2-3-11(5-9)15-10/h9-13,15H,2-8H2,1H3,(H,16,17). The van der Waals surface area contributed by atoms with Crippen LogP contribution in [0.15, 0.2) is 0 Å². The van der Waals surface area contributed by atoms with E-state index in [0.29, 0.717) is 30.1 Å². The zero-order valence-corrected chi connectivity index (χ0v) is 11.2. The van der Waals surface area contributed by atoms with E-state index in [2.05, 4.69) is 10.6 Å². The molecule has 102 valence electrons. The van der Waals surface area contributed by atoms with E-state index in [0.717, 1.165) is 19.3 Å². The first-order valence-electron chi connectivity index (χ1n) is 7.31. The summed E-state index contributed by atoms with van der Waals surface area (Å²) in [5, 5.41) is 6.76. The Morgan fingerprint density at radius 3 is 2.50 bits per heavy atom. The number of methoxy groups -OCH3 is 1. The lowest BCUT2D eigenvalue weighted by Gasteiger charge is -2.35. The van der Waals surface area contributed by atoms with E-state index in [4.69, 9.17) is 4.74 Å². The van der Waals surface area contributed by atoms with Crippen LogP contribution in [0, 0.1) is 5.92 Å². The number of ether oxygens (including phenoxy) is 1. The van der Waals surface area contributed by atoms with Gasteiger partial charge < -0.3 is 15.4 Å².